The van der Waals surface area contributed by atoms with Crippen molar-refractivity contribution in [2.45, 2.75) is 26.7 Å². The van der Waals surface area contributed by atoms with Crippen LogP contribution in [0.25, 0.3) is 45.0 Å². The van der Waals surface area contributed by atoms with E-state index in [1.165, 1.54) is 38.0 Å². The Kier molecular flexibility index (Phi) is 41.5. The van der Waals surface area contributed by atoms with Gasteiger partial charge in [-0.25, -0.2) is 38.7 Å². The first kappa shape index (κ1) is 88.8. The summed E-state index contributed by atoms with van der Waals surface area (Å²) in [7, 11) is 0. The number of pyridine rings is 6. The molecule has 30 heteroatoms. The zero-order chi connectivity index (χ0) is 74.9. The molecular formula is C74H60F8Ir2N6O14-4. The van der Waals surface area contributed by atoms with Crippen LogP contribution in [0.5, 0.6) is 0 Å². The number of nitrogens with zero attached hydrogens (tertiary/aromatic N) is 6. The van der Waals surface area contributed by atoms with E-state index in [2.05, 4.69) is 72.1 Å². The molecule has 6 aromatic heterocycles. The normalized spacial score (nSPS) is 10.3. The molecule has 4 N–H and O–H groups in total. The molecule has 2 radical (unpaired) electrons. The minimum absolute atomic E-state index is 0. The Labute approximate surface area is 617 Å². The molecule has 4 aromatic carbocycles. The SMILES string of the molecule is C1CCOC1.C=C(C)C(=O)OCCO.C=C(C)C(=O)OCCOC(=O)c1ccc(C(=O)O)nc1.Fc1c[c-]c(-c2ccccn2)c(F)c1.Fc1c[c-]c(-c2ccccn2)c(F)c1.Fc1c[c-]c(-c2ccccn2)c(F)c1.Fc1c[c-]c(-c2ccccn2)c(F)c1.O=C(O)c1ccc(C(=O)O)nc1.[Ir].[Ir]. The molecular weight excluding hydrogens is 1730 g/mol. The zero-order valence-corrected chi connectivity index (χ0v) is 59.4. The Hall–Kier alpha value is -11.3. The number of ether oxygens (including phenoxy) is 4. The number of aliphatic hydroxyl groups excluding tert-OH is 1. The number of carbonyl (C=O) groups excluding carboxylic acids is 3. The van der Waals surface area contributed by atoms with E-state index >= 15 is 0 Å². The van der Waals surface area contributed by atoms with Crippen molar-refractivity contribution in [2.24, 2.45) is 0 Å². The summed E-state index contributed by atoms with van der Waals surface area (Å²) in [6, 6.07) is 42.9. The first-order valence-electron chi connectivity index (χ1n) is 29.5. The summed E-state index contributed by atoms with van der Waals surface area (Å²) < 4.78 is 122. The van der Waals surface area contributed by atoms with Crippen LogP contribution in [0.4, 0.5) is 35.1 Å². The van der Waals surface area contributed by atoms with Crippen LogP contribution in [0.2, 0.25) is 0 Å². The average Bonchev–Trinajstić information content (AvgIpc) is 0.889. The van der Waals surface area contributed by atoms with Gasteiger partial charge in [0.1, 0.15) is 31.2 Å². The largest absolute Gasteiger partial charge is 0.478 e. The first-order valence-corrected chi connectivity index (χ1v) is 29.5. The quantitative estimate of drug-likeness (QED) is 0.0185. The van der Waals surface area contributed by atoms with Gasteiger partial charge >= 0.3 is 35.8 Å². The minimum atomic E-state index is -1.18. The predicted octanol–water partition coefficient (Wildman–Crippen LogP) is 13.7. The molecule has 1 aliphatic heterocycles. The third kappa shape index (κ3) is 33.0. The van der Waals surface area contributed by atoms with Gasteiger partial charge in [-0.05, 0) is 98.0 Å². The fourth-order valence-electron chi connectivity index (χ4n) is 7.14. The number of carbonyl (C=O) groups is 6. The van der Waals surface area contributed by atoms with Gasteiger partial charge in [-0.3, -0.25) is 35.1 Å². The third-order valence-electron chi connectivity index (χ3n) is 12.0. The van der Waals surface area contributed by atoms with Crippen LogP contribution in [0.15, 0.2) is 207 Å². The summed E-state index contributed by atoms with van der Waals surface area (Å²) in [5.74, 6) is -10.3. The molecule has 0 atom stereocenters. The van der Waals surface area contributed by atoms with Crippen molar-refractivity contribution >= 4 is 35.8 Å². The maximum Gasteiger partial charge on any atom is 0.354 e. The van der Waals surface area contributed by atoms with Crippen molar-refractivity contribution in [1.29, 1.82) is 0 Å². The first-order chi connectivity index (χ1) is 48.8. The molecule has 0 bridgehead atoms. The fraction of sp³-hybridized carbons (Fsp3) is 0.135. The number of hydrogen-bond donors (Lipinski definition) is 4. The Balaban J connectivity index is 0.000000409. The summed E-state index contributed by atoms with van der Waals surface area (Å²) >= 11 is 0. The van der Waals surface area contributed by atoms with Crippen molar-refractivity contribution in [3.8, 4) is 45.0 Å². The molecule has 0 unspecified atom stereocenters. The second kappa shape index (κ2) is 48.5. The van der Waals surface area contributed by atoms with Crippen LogP contribution in [0.3, 0.4) is 0 Å². The van der Waals surface area contributed by atoms with E-state index in [1.54, 1.807) is 105 Å². The molecule has 548 valence electrons. The predicted molar refractivity (Wildman–Crippen MR) is 352 cm³/mol. The Morgan fingerprint density at radius 1 is 0.433 bits per heavy atom. The summed E-state index contributed by atoms with van der Waals surface area (Å²) in [4.78, 5) is 87.0. The number of aromatic nitrogens is 6. The van der Waals surface area contributed by atoms with Crippen molar-refractivity contribution in [2.75, 3.05) is 39.6 Å². The number of hydrogen-bond acceptors (Lipinski definition) is 17. The number of benzene rings is 4. The zero-order valence-electron chi connectivity index (χ0n) is 54.6. The molecule has 1 saturated heterocycles. The fourth-order valence-corrected chi connectivity index (χ4v) is 7.14. The minimum Gasteiger partial charge on any atom is -0.478 e. The molecule has 0 spiro atoms. The van der Waals surface area contributed by atoms with Gasteiger partial charge in [-0.2, -0.15) is 0 Å². The monoisotopic (exact) mass is 1790 g/mol. The Morgan fingerprint density at radius 3 is 0.971 bits per heavy atom. The van der Waals surface area contributed by atoms with Crippen molar-refractivity contribution < 1.29 is 143 Å². The van der Waals surface area contributed by atoms with Crippen LogP contribution in [-0.4, -0.2) is 126 Å². The Morgan fingerprint density at radius 2 is 0.740 bits per heavy atom. The maximum atomic E-state index is 13.2. The van der Waals surface area contributed by atoms with Crippen molar-refractivity contribution in [3.05, 3.63) is 300 Å². The summed E-state index contributed by atoms with van der Waals surface area (Å²) in [5, 5.41) is 33.7. The number of halogens is 8. The second-order valence-corrected chi connectivity index (χ2v) is 19.8. The Bertz CT molecular complexity index is 3970. The van der Waals surface area contributed by atoms with Gasteiger partial charge in [0.2, 0.25) is 0 Å². The van der Waals surface area contributed by atoms with Gasteiger partial charge in [0, 0.05) is 148 Å². The number of aliphatic hydroxyl groups is 1. The van der Waals surface area contributed by atoms with Crippen molar-refractivity contribution in [3.63, 3.8) is 0 Å². The van der Waals surface area contributed by atoms with E-state index in [4.69, 9.17) is 34.6 Å². The average molecular weight is 1790 g/mol. The van der Waals surface area contributed by atoms with E-state index in [-0.39, 0.29) is 117 Å². The number of carboxylic acids is 3. The van der Waals surface area contributed by atoms with Gasteiger partial charge < -0.3 is 59.3 Å². The maximum absolute atomic E-state index is 13.2. The van der Waals surface area contributed by atoms with Crippen LogP contribution in [-0.2, 0) is 68.7 Å². The van der Waals surface area contributed by atoms with Crippen LogP contribution >= 0.6 is 0 Å². The van der Waals surface area contributed by atoms with E-state index < -0.39 is 82.4 Å². The number of esters is 3. The van der Waals surface area contributed by atoms with Crippen molar-refractivity contribution in [1.82, 2.24) is 29.9 Å². The molecule has 0 aliphatic carbocycles. The van der Waals surface area contributed by atoms with E-state index in [1.807, 2.05) is 0 Å². The molecule has 0 amide bonds. The van der Waals surface area contributed by atoms with Gasteiger partial charge in [-0.1, -0.05) is 108 Å². The van der Waals surface area contributed by atoms with Gasteiger partial charge in [-0.15, -0.1) is 48.5 Å². The van der Waals surface area contributed by atoms with Crippen LogP contribution in [0, 0.1) is 70.8 Å². The summed E-state index contributed by atoms with van der Waals surface area (Å²) in [6.45, 7) is 11.5. The molecule has 10 aromatic rings. The standard InChI is InChI=1S/C13H13NO6.4C11H6F2N.C7H5NO4.C6H10O3.C4H8O.2Ir/c1-8(2)12(17)19-5-6-20-13(18)9-3-4-10(11(15)16)14-7-9;4*12-8-4-5-9(10(13)7-8)11-3-1-2-6-14-11;9-6(10)4-1-2-5(7(11)12)8-3-4;1-5(2)6(8)9-4-3-7;1-2-4-5-3-1;;/h3-4,7H,1,5-6H2,2H3,(H,15,16);4*1-4,6-7H;1-3H,(H,9,10)(H,11,12);7H,1,3-4H2,2H3;1-4H2;;/q;4*-1;;;;;. The van der Waals surface area contributed by atoms with Crippen LogP contribution < -0.4 is 0 Å². The third-order valence-corrected chi connectivity index (χ3v) is 12.0. The molecule has 0 saturated carbocycles. The van der Waals surface area contributed by atoms with Gasteiger partial charge in [0.15, 0.2) is 0 Å². The molecule has 104 heavy (non-hydrogen) atoms. The van der Waals surface area contributed by atoms with Gasteiger partial charge in [0.25, 0.3) is 0 Å². The number of aromatic carboxylic acids is 3. The van der Waals surface area contributed by atoms with E-state index in [9.17, 15) is 63.9 Å². The molecule has 1 fully saturated rings. The number of rotatable bonds is 15. The van der Waals surface area contributed by atoms with E-state index in [0.717, 1.165) is 80.2 Å². The van der Waals surface area contributed by atoms with Crippen LogP contribution in [0.1, 0.15) is 68.4 Å². The second-order valence-electron chi connectivity index (χ2n) is 19.8. The van der Waals surface area contributed by atoms with E-state index in [0.29, 0.717) is 28.3 Å². The topological polar surface area (TPSA) is 298 Å². The summed E-state index contributed by atoms with van der Waals surface area (Å²) in [5.41, 5.74) is 2.90. The molecule has 20 nitrogen and oxygen atoms in total. The molecule has 7 heterocycles. The smallest absolute Gasteiger partial charge is 0.354 e. The van der Waals surface area contributed by atoms with Gasteiger partial charge in [0.05, 0.1) is 17.7 Å². The molecule has 11 rings (SSSR count). The number of carboxylic acid groups (broad SMARTS) is 3. The summed E-state index contributed by atoms with van der Waals surface area (Å²) in [6.07, 6.45) is 10.9. The molecule has 1 aliphatic rings.